The highest BCUT2D eigenvalue weighted by Gasteiger charge is 2.23. The summed E-state index contributed by atoms with van der Waals surface area (Å²) in [6, 6.07) is 3.97. The third-order valence-electron chi connectivity index (χ3n) is 4.81. The molecule has 4 rings (SSSR count). The van der Waals surface area contributed by atoms with E-state index < -0.39 is 0 Å². The lowest BCUT2D eigenvalue weighted by atomic mass is 9.96. The maximum Gasteiger partial charge on any atom is 0.228 e. The van der Waals surface area contributed by atoms with Gasteiger partial charge >= 0.3 is 0 Å². The lowest BCUT2D eigenvalue weighted by Crippen LogP contribution is -2.36. The Balaban J connectivity index is 1.55. The second-order valence-electron chi connectivity index (χ2n) is 6.80. The van der Waals surface area contributed by atoms with Gasteiger partial charge in [-0.2, -0.15) is 0 Å². The predicted molar refractivity (Wildman–Crippen MR) is 104 cm³/mol. The quantitative estimate of drug-likeness (QED) is 0.769. The van der Waals surface area contributed by atoms with Crippen molar-refractivity contribution in [1.29, 1.82) is 0 Å². The summed E-state index contributed by atoms with van der Waals surface area (Å²) in [6.07, 6.45) is 7.21. The van der Waals surface area contributed by atoms with Gasteiger partial charge in [0.2, 0.25) is 5.91 Å². The van der Waals surface area contributed by atoms with E-state index in [1.54, 1.807) is 17.5 Å². The van der Waals surface area contributed by atoms with Gasteiger partial charge in [-0.05, 0) is 52.0 Å². The molecule has 3 aromatic rings. The number of anilines is 1. The van der Waals surface area contributed by atoms with Crippen LogP contribution in [0.1, 0.15) is 17.8 Å². The number of aromatic nitrogens is 3. The van der Waals surface area contributed by atoms with Crippen LogP contribution < -0.4 is 5.32 Å². The van der Waals surface area contributed by atoms with Crippen molar-refractivity contribution in [3.05, 3.63) is 35.7 Å². The Bertz CT molecular complexity index is 946. The topological polar surface area (TPSA) is 71.0 Å². The summed E-state index contributed by atoms with van der Waals surface area (Å²) in [4.78, 5) is 29.0. The Kier molecular flexibility index (Phi) is 4.65. The molecule has 1 saturated heterocycles. The number of nitrogens with one attached hydrogen (secondary N) is 1. The molecule has 3 aromatic heterocycles. The molecule has 0 aromatic carbocycles. The number of pyridine rings is 2. The van der Waals surface area contributed by atoms with Crippen molar-refractivity contribution in [2.45, 2.75) is 19.8 Å². The van der Waals surface area contributed by atoms with Crippen molar-refractivity contribution in [3.63, 3.8) is 0 Å². The SMILES string of the molecule is Cc1ncc(-c2cnc3cnc(NC(=O)C4CCN(C)CC4)cc3c2)s1. The molecule has 0 saturated carbocycles. The Morgan fingerprint density at radius 1 is 1.15 bits per heavy atom. The maximum atomic E-state index is 12.5. The highest BCUT2D eigenvalue weighted by atomic mass is 32.1. The van der Waals surface area contributed by atoms with E-state index in [0.29, 0.717) is 5.82 Å². The molecule has 1 fully saturated rings. The van der Waals surface area contributed by atoms with Crippen molar-refractivity contribution in [2.75, 3.05) is 25.5 Å². The Morgan fingerprint density at radius 2 is 1.96 bits per heavy atom. The van der Waals surface area contributed by atoms with Gasteiger partial charge in [0.25, 0.3) is 0 Å². The highest BCUT2D eigenvalue weighted by Crippen LogP contribution is 2.28. The first-order valence-corrected chi connectivity index (χ1v) is 9.58. The molecular formula is C19H21N5OS. The second kappa shape index (κ2) is 7.09. The zero-order chi connectivity index (χ0) is 18.1. The molecule has 7 heteroatoms. The highest BCUT2D eigenvalue weighted by molar-refractivity contribution is 7.15. The van der Waals surface area contributed by atoms with E-state index in [1.165, 1.54) is 0 Å². The third kappa shape index (κ3) is 3.59. The van der Waals surface area contributed by atoms with Gasteiger partial charge in [0.15, 0.2) is 0 Å². The van der Waals surface area contributed by atoms with Crippen LogP contribution in [0.2, 0.25) is 0 Å². The fraction of sp³-hybridized carbons (Fsp3) is 0.368. The van der Waals surface area contributed by atoms with Crippen LogP contribution >= 0.6 is 11.3 Å². The van der Waals surface area contributed by atoms with Crippen LogP contribution in [0.4, 0.5) is 5.82 Å². The van der Waals surface area contributed by atoms with Crippen LogP contribution in [0.3, 0.4) is 0 Å². The van der Waals surface area contributed by atoms with Crippen molar-refractivity contribution in [1.82, 2.24) is 19.9 Å². The van der Waals surface area contributed by atoms with Gasteiger partial charge in [0, 0.05) is 29.3 Å². The van der Waals surface area contributed by atoms with Crippen molar-refractivity contribution >= 4 is 34.0 Å². The minimum atomic E-state index is 0.0622. The van der Waals surface area contributed by atoms with Gasteiger partial charge < -0.3 is 10.2 Å². The lowest BCUT2D eigenvalue weighted by molar-refractivity contribution is -0.121. The van der Waals surface area contributed by atoms with Crippen LogP contribution in [0, 0.1) is 12.8 Å². The van der Waals surface area contributed by atoms with E-state index in [2.05, 4.69) is 38.3 Å². The zero-order valence-corrected chi connectivity index (χ0v) is 15.7. The number of nitrogens with zero attached hydrogens (tertiary/aromatic N) is 4. The minimum Gasteiger partial charge on any atom is -0.310 e. The van der Waals surface area contributed by atoms with Crippen LogP contribution in [0.25, 0.3) is 21.3 Å². The Morgan fingerprint density at radius 3 is 2.69 bits per heavy atom. The number of hydrogen-bond acceptors (Lipinski definition) is 6. The molecule has 4 heterocycles. The number of carbonyl (C=O) groups excluding carboxylic acids is 1. The number of hydrogen-bond donors (Lipinski definition) is 1. The van der Waals surface area contributed by atoms with E-state index in [1.807, 2.05) is 25.4 Å². The lowest BCUT2D eigenvalue weighted by Gasteiger charge is -2.27. The summed E-state index contributed by atoms with van der Waals surface area (Å²) in [5.74, 6) is 0.710. The molecular weight excluding hydrogens is 346 g/mol. The first-order valence-electron chi connectivity index (χ1n) is 8.76. The Labute approximate surface area is 156 Å². The van der Waals surface area contributed by atoms with Gasteiger partial charge in [-0.3, -0.25) is 9.78 Å². The molecule has 6 nitrogen and oxygen atoms in total. The van der Waals surface area contributed by atoms with Crippen molar-refractivity contribution in [3.8, 4) is 10.4 Å². The van der Waals surface area contributed by atoms with E-state index in [-0.39, 0.29) is 11.8 Å². The van der Waals surface area contributed by atoms with Gasteiger partial charge in [0.1, 0.15) is 5.82 Å². The van der Waals surface area contributed by atoms with Crippen LogP contribution in [0.15, 0.2) is 30.7 Å². The Hall–Kier alpha value is -2.38. The molecule has 0 atom stereocenters. The molecule has 0 bridgehead atoms. The fourth-order valence-electron chi connectivity index (χ4n) is 3.23. The minimum absolute atomic E-state index is 0.0622. The maximum absolute atomic E-state index is 12.5. The zero-order valence-electron chi connectivity index (χ0n) is 14.9. The molecule has 1 aliphatic heterocycles. The average Bonchev–Trinajstić information content (AvgIpc) is 3.08. The monoisotopic (exact) mass is 367 g/mol. The van der Waals surface area contributed by atoms with Gasteiger partial charge in [0.05, 0.1) is 21.6 Å². The number of carbonyl (C=O) groups is 1. The van der Waals surface area contributed by atoms with Gasteiger partial charge in [-0.1, -0.05) is 0 Å². The number of likely N-dealkylation sites (tertiary alicyclic amines) is 1. The summed E-state index contributed by atoms with van der Waals surface area (Å²) in [6.45, 7) is 3.92. The van der Waals surface area contributed by atoms with Crippen LogP contribution in [-0.2, 0) is 4.79 Å². The summed E-state index contributed by atoms with van der Waals surface area (Å²) >= 11 is 1.64. The van der Waals surface area contributed by atoms with Gasteiger partial charge in [-0.25, -0.2) is 9.97 Å². The normalized spacial score (nSPS) is 16.1. The number of amides is 1. The van der Waals surface area contributed by atoms with Crippen LogP contribution in [0.5, 0.6) is 0 Å². The number of piperidine rings is 1. The average molecular weight is 367 g/mol. The molecule has 1 aliphatic rings. The third-order valence-corrected chi connectivity index (χ3v) is 5.78. The van der Waals surface area contributed by atoms with Crippen molar-refractivity contribution in [2.24, 2.45) is 5.92 Å². The molecule has 0 unspecified atom stereocenters. The van der Waals surface area contributed by atoms with Crippen LogP contribution in [-0.4, -0.2) is 45.9 Å². The van der Waals surface area contributed by atoms with E-state index in [4.69, 9.17) is 0 Å². The number of aryl methyl sites for hydroxylation is 1. The van der Waals surface area contributed by atoms with Crippen molar-refractivity contribution < 1.29 is 4.79 Å². The molecule has 134 valence electrons. The first-order chi connectivity index (χ1) is 12.6. The molecule has 0 aliphatic carbocycles. The van der Waals surface area contributed by atoms with E-state index in [9.17, 15) is 4.79 Å². The summed E-state index contributed by atoms with van der Waals surface area (Å²) < 4.78 is 0. The molecule has 0 radical (unpaired) electrons. The van der Waals surface area contributed by atoms with Gasteiger partial charge in [-0.15, -0.1) is 11.3 Å². The molecule has 0 spiro atoms. The number of rotatable bonds is 3. The largest absolute Gasteiger partial charge is 0.310 e. The summed E-state index contributed by atoms with van der Waals surface area (Å²) in [5.41, 5.74) is 1.84. The van der Waals surface area contributed by atoms with E-state index >= 15 is 0 Å². The van der Waals surface area contributed by atoms with E-state index in [0.717, 1.165) is 52.3 Å². The standard InChI is InChI=1S/C19H21N5OS/c1-12-20-11-17(26-12)15-7-14-8-18(22-10-16(14)21-9-15)23-19(25)13-3-5-24(2)6-4-13/h7-11,13H,3-6H2,1-2H3,(H,22,23,25). The summed E-state index contributed by atoms with van der Waals surface area (Å²) in [7, 11) is 2.09. The molecule has 1 amide bonds. The molecule has 1 N–H and O–H groups in total. The fourth-order valence-corrected chi connectivity index (χ4v) is 3.99. The second-order valence-corrected chi connectivity index (χ2v) is 8.03. The summed E-state index contributed by atoms with van der Waals surface area (Å²) in [5, 5.41) is 4.96. The first kappa shape index (κ1) is 17.1. The number of thiazole rings is 1. The number of fused-ring (bicyclic) bond motifs is 1. The predicted octanol–water partition coefficient (Wildman–Crippen LogP) is 3.34. The smallest absolute Gasteiger partial charge is 0.228 e. The molecule has 26 heavy (non-hydrogen) atoms.